The first-order valence-corrected chi connectivity index (χ1v) is 13.8. The van der Waals surface area contributed by atoms with E-state index in [1.807, 2.05) is 45.6 Å². The zero-order chi connectivity index (χ0) is 29.9. The number of aromatic carboxylic acids is 1. The van der Waals surface area contributed by atoms with Gasteiger partial charge in [-0.1, -0.05) is 50.0 Å². The lowest BCUT2D eigenvalue weighted by Gasteiger charge is -2.47. The number of anilines is 1. The molecule has 0 atom stereocenters. The summed E-state index contributed by atoms with van der Waals surface area (Å²) in [6.45, 7) is 11.3. The first-order valence-electron chi connectivity index (χ1n) is 13.0. The third kappa shape index (κ3) is 5.48. The number of carboxylic acid groups (broad SMARTS) is 1. The van der Waals surface area contributed by atoms with E-state index >= 15 is 0 Å². The van der Waals surface area contributed by atoms with E-state index in [0.717, 1.165) is 5.56 Å². The maximum Gasteiger partial charge on any atom is 0.338 e. The predicted octanol–water partition coefficient (Wildman–Crippen LogP) is 7.07. The highest BCUT2D eigenvalue weighted by Gasteiger charge is 2.39. The Balaban J connectivity index is 1.46. The fraction of sp³-hybridized carbons (Fsp3) is 0.333. The van der Waals surface area contributed by atoms with Crippen LogP contribution in [0.25, 0.3) is 22.4 Å². The molecule has 11 heteroatoms. The molecule has 1 aliphatic rings. The lowest BCUT2D eigenvalue weighted by Crippen LogP contribution is -2.61. The van der Waals surface area contributed by atoms with E-state index in [0.29, 0.717) is 47.8 Å². The highest BCUT2D eigenvalue weighted by atomic mass is 35.5. The minimum atomic E-state index is -1.15. The van der Waals surface area contributed by atoms with Gasteiger partial charge in [-0.05, 0) is 49.6 Å². The van der Waals surface area contributed by atoms with Crippen molar-refractivity contribution in [2.75, 3.05) is 24.5 Å². The summed E-state index contributed by atoms with van der Waals surface area (Å²) in [5.74, 6) is -1.27. The molecule has 0 bridgehead atoms. The van der Waals surface area contributed by atoms with Gasteiger partial charge in [0.15, 0.2) is 11.3 Å². The fourth-order valence-electron chi connectivity index (χ4n) is 5.11. The van der Waals surface area contributed by atoms with Crippen LogP contribution in [0.4, 0.5) is 10.2 Å². The van der Waals surface area contributed by atoms with E-state index in [9.17, 15) is 19.1 Å². The van der Waals surface area contributed by atoms with Gasteiger partial charge < -0.3 is 19.3 Å². The van der Waals surface area contributed by atoms with Crippen LogP contribution in [0.1, 0.15) is 61.1 Å². The average Bonchev–Trinajstić information content (AvgIpc) is 3.32. The molecule has 41 heavy (non-hydrogen) atoms. The van der Waals surface area contributed by atoms with Crippen LogP contribution in [-0.2, 0) is 5.41 Å². The molecule has 1 aromatic carbocycles. The summed E-state index contributed by atoms with van der Waals surface area (Å²) in [6.07, 6.45) is 0. The highest BCUT2D eigenvalue weighted by molar-refractivity contribution is 6.32. The van der Waals surface area contributed by atoms with Crippen LogP contribution in [0.5, 0.6) is 0 Å². The summed E-state index contributed by atoms with van der Waals surface area (Å²) >= 11 is 12.0. The van der Waals surface area contributed by atoms with Crippen molar-refractivity contribution < 1.29 is 23.5 Å². The molecule has 5 rings (SSSR count). The first kappa shape index (κ1) is 28.8. The smallest absolute Gasteiger partial charge is 0.338 e. The van der Waals surface area contributed by atoms with Crippen molar-refractivity contribution in [1.29, 1.82) is 0 Å². The van der Waals surface area contributed by atoms with E-state index in [4.69, 9.17) is 32.6 Å². The third-order valence-electron chi connectivity index (χ3n) is 7.25. The van der Waals surface area contributed by atoms with Crippen LogP contribution in [0.15, 0.2) is 46.9 Å². The summed E-state index contributed by atoms with van der Waals surface area (Å²) in [5.41, 5.74) is 1.91. The van der Waals surface area contributed by atoms with Crippen LogP contribution >= 0.6 is 23.2 Å². The second kappa shape index (κ2) is 10.3. The van der Waals surface area contributed by atoms with E-state index in [2.05, 4.69) is 4.98 Å². The number of piperazine rings is 1. The van der Waals surface area contributed by atoms with Crippen molar-refractivity contribution in [2.45, 2.75) is 45.6 Å². The SMILES string of the molecule is CC(C)(C)c1cc(-c2ccc(Cl)c(F)c2)nc2cc(C(=O)N3CCN(c4ccc(C(=O)O)c(Cl)n4)CC3(C)C)oc12. The average molecular weight is 599 g/mol. The topological polar surface area (TPSA) is 99.8 Å². The van der Waals surface area contributed by atoms with Crippen LogP contribution < -0.4 is 4.90 Å². The molecule has 0 spiro atoms. The molecular weight excluding hydrogens is 570 g/mol. The maximum atomic E-state index is 14.2. The number of halogens is 3. The van der Waals surface area contributed by atoms with Gasteiger partial charge in [0.25, 0.3) is 5.91 Å². The van der Waals surface area contributed by atoms with Crippen LogP contribution in [0, 0.1) is 5.82 Å². The molecule has 0 saturated carbocycles. The normalized spacial score (nSPS) is 15.4. The lowest BCUT2D eigenvalue weighted by atomic mass is 9.86. The molecule has 1 N–H and O–H groups in total. The molecule has 0 radical (unpaired) electrons. The largest absolute Gasteiger partial charge is 0.478 e. The quantitative estimate of drug-likeness (QED) is 0.251. The van der Waals surface area contributed by atoms with Crippen molar-refractivity contribution >= 4 is 52.0 Å². The molecule has 0 unspecified atom stereocenters. The van der Waals surface area contributed by atoms with Gasteiger partial charge in [-0.2, -0.15) is 0 Å². The summed E-state index contributed by atoms with van der Waals surface area (Å²) in [5, 5.41) is 9.19. The Morgan fingerprint density at radius 3 is 2.39 bits per heavy atom. The van der Waals surface area contributed by atoms with Gasteiger partial charge in [0.2, 0.25) is 0 Å². The van der Waals surface area contributed by atoms with E-state index < -0.39 is 17.3 Å². The molecule has 1 amide bonds. The Bertz CT molecular complexity index is 1700. The first-order chi connectivity index (χ1) is 19.2. The van der Waals surface area contributed by atoms with Crippen LogP contribution in [0.2, 0.25) is 10.2 Å². The summed E-state index contributed by atoms with van der Waals surface area (Å²) in [6, 6.07) is 11.1. The molecule has 4 heterocycles. The number of rotatable bonds is 4. The van der Waals surface area contributed by atoms with E-state index in [1.165, 1.54) is 18.2 Å². The molecule has 1 aliphatic heterocycles. The van der Waals surface area contributed by atoms with Gasteiger partial charge >= 0.3 is 5.97 Å². The number of aromatic nitrogens is 2. The number of nitrogens with zero attached hydrogens (tertiary/aromatic N) is 4. The van der Waals surface area contributed by atoms with E-state index in [-0.39, 0.29) is 32.8 Å². The Hall–Kier alpha value is -3.69. The second-order valence-corrected chi connectivity index (χ2v) is 12.5. The molecular formula is C30H29Cl2FN4O4. The number of amides is 1. The van der Waals surface area contributed by atoms with Crippen molar-refractivity contribution in [2.24, 2.45) is 0 Å². The van der Waals surface area contributed by atoms with Crippen LogP contribution in [0.3, 0.4) is 0 Å². The van der Waals surface area contributed by atoms with Gasteiger partial charge in [-0.25, -0.2) is 19.2 Å². The standard InChI is InChI=1S/C30H29Cl2FN4O4/c1-29(2,3)18-13-21(16-6-8-19(31)20(33)12-16)34-22-14-23(41-25(18)22)27(38)37-11-10-36(15-30(37,4)5)24-9-7-17(28(39)40)26(32)35-24/h6-9,12-14H,10-11,15H2,1-5H3,(H,39,40). The van der Waals surface area contributed by atoms with Crippen LogP contribution in [-0.4, -0.2) is 57.0 Å². The number of hydrogen-bond donors (Lipinski definition) is 1. The Labute approximate surface area is 246 Å². The Kier molecular flexibility index (Phi) is 7.24. The summed E-state index contributed by atoms with van der Waals surface area (Å²) < 4.78 is 20.4. The number of fused-ring (bicyclic) bond motifs is 1. The van der Waals surface area contributed by atoms with E-state index in [1.54, 1.807) is 23.1 Å². The number of furan rings is 1. The van der Waals surface area contributed by atoms with Gasteiger partial charge in [0, 0.05) is 36.8 Å². The second-order valence-electron chi connectivity index (χ2n) is 11.8. The van der Waals surface area contributed by atoms with Crippen molar-refractivity contribution in [1.82, 2.24) is 14.9 Å². The molecule has 0 aliphatic carbocycles. The zero-order valence-corrected chi connectivity index (χ0v) is 24.8. The molecule has 214 valence electrons. The van der Waals surface area contributed by atoms with Crippen molar-refractivity contribution in [3.63, 3.8) is 0 Å². The minimum Gasteiger partial charge on any atom is -0.478 e. The minimum absolute atomic E-state index is 0.0286. The zero-order valence-electron chi connectivity index (χ0n) is 23.3. The number of carbonyl (C=O) groups is 2. The fourth-order valence-corrected chi connectivity index (χ4v) is 5.46. The molecule has 1 saturated heterocycles. The maximum absolute atomic E-state index is 14.2. The monoisotopic (exact) mass is 598 g/mol. The van der Waals surface area contributed by atoms with Gasteiger partial charge in [-0.3, -0.25) is 4.79 Å². The molecule has 3 aromatic heterocycles. The molecule has 4 aromatic rings. The Morgan fingerprint density at radius 1 is 1.05 bits per heavy atom. The van der Waals surface area contributed by atoms with Gasteiger partial charge in [0.1, 0.15) is 22.3 Å². The van der Waals surface area contributed by atoms with Gasteiger partial charge in [-0.15, -0.1) is 0 Å². The van der Waals surface area contributed by atoms with Gasteiger partial charge in [0.05, 0.1) is 21.8 Å². The molecule has 8 nitrogen and oxygen atoms in total. The number of hydrogen-bond acceptors (Lipinski definition) is 6. The van der Waals surface area contributed by atoms with Crippen molar-refractivity contribution in [3.05, 3.63) is 75.3 Å². The predicted molar refractivity (Wildman–Crippen MR) is 157 cm³/mol. The summed E-state index contributed by atoms with van der Waals surface area (Å²) in [7, 11) is 0. The lowest BCUT2D eigenvalue weighted by molar-refractivity contribution is 0.0483. The summed E-state index contributed by atoms with van der Waals surface area (Å²) in [4.78, 5) is 37.8. The third-order valence-corrected chi connectivity index (χ3v) is 7.84. The van der Waals surface area contributed by atoms with Crippen molar-refractivity contribution in [3.8, 4) is 11.3 Å². The number of pyridine rings is 2. The number of benzene rings is 1. The Morgan fingerprint density at radius 2 is 1.78 bits per heavy atom. The number of carboxylic acids is 1. The highest BCUT2D eigenvalue weighted by Crippen LogP contribution is 2.36. The molecule has 1 fully saturated rings. The number of carbonyl (C=O) groups excluding carboxylic acids is 1.